The molecule has 0 aliphatic carbocycles. The molecule has 74 valence electrons. The number of hydrogen-bond acceptors (Lipinski definition) is 3. The normalized spacial score (nSPS) is 14.0. The quantitative estimate of drug-likeness (QED) is 0.782. The van der Waals surface area contributed by atoms with Gasteiger partial charge in [-0.3, -0.25) is 9.20 Å². The first-order chi connectivity index (χ1) is 7.25. The second-order valence-corrected chi connectivity index (χ2v) is 4.28. The summed E-state index contributed by atoms with van der Waals surface area (Å²) < 4.78 is 2.00. The summed E-state index contributed by atoms with van der Waals surface area (Å²) in [7, 11) is 0. The Morgan fingerprint density at radius 3 is 3.13 bits per heavy atom. The smallest absolute Gasteiger partial charge is 0.255 e. The van der Waals surface area contributed by atoms with E-state index in [4.69, 9.17) is 5.73 Å². The van der Waals surface area contributed by atoms with Gasteiger partial charge in [-0.05, 0) is 18.2 Å². The third kappa shape index (κ3) is 1.16. The highest BCUT2D eigenvalue weighted by atomic mass is 32.2. The second kappa shape index (κ2) is 2.87. The van der Waals surface area contributed by atoms with Crippen molar-refractivity contribution in [3.05, 3.63) is 35.0 Å². The van der Waals surface area contributed by atoms with E-state index in [-0.39, 0.29) is 0 Å². The third-order valence-electron chi connectivity index (χ3n) is 2.26. The predicted molar refractivity (Wildman–Crippen MR) is 58.2 cm³/mol. The molecule has 0 unspecified atom stereocenters. The van der Waals surface area contributed by atoms with Gasteiger partial charge in [0.1, 0.15) is 5.65 Å². The molecule has 1 amide bonds. The summed E-state index contributed by atoms with van der Waals surface area (Å²) in [6.07, 6.45) is 3.50. The molecule has 0 saturated carbocycles. The zero-order chi connectivity index (χ0) is 10.4. The number of carbonyl (C=O) groups is 1. The number of hydrogen-bond donors (Lipinski definition) is 1. The monoisotopic (exact) mass is 217 g/mol. The molecule has 0 spiro atoms. The van der Waals surface area contributed by atoms with Crippen LogP contribution in [0.15, 0.2) is 34.3 Å². The molecule has 3 rings (SSSR count). The van der Waals surface area contributed by atoms with Crippen LogP contribution >= 0.6 is 11.8 Å². The lowest BCUT2D eigenvalue weighted by Crippen LogP contribution is -2.14. The van der Waals surface area contributed by atoms with E-state index < -0.39 is 5.91 Å². The summed E-state index contributed by atoms with van der Waals surface area (Å²) >= 11 is 1.37. The average molecular weight is 217 g/mol. The van der Waals surface area contributed by atoms with E-state index in [0.717, 1.165) is 16.4 Å². The molecule has 0 aromatic carbocycles. The van der Waals surface area contributed by atoms with Gasteiger partial charge in [0.2, 0.25) is 0 Å². The summed E-state index contributed by atoms with van der Waals surface area (Å²) in [5.41, 5.74) is 7.04. The highest BCUT2D eigenvalue weighted by molar-refractivity contribution is 8.04. The lowest BCUT2D eigenvalue weighted by Gasteiger charge is -2.12. The molecule has 0 bridgehead atoms. The predicted octanol–water partition coefficient (Wildman–Crippen LogP) is 1.27. The van der Waals surface area contributed by atoms with Crippen LogP contribution < -0.4 is 5.73 Å². The molecule has 1 aliphatic heterocycles. The van der Waals surface area contributed by atoms with Gasteiger partial charge in [-0.1, -0.05) is 17.8 Å². The van der Waals surface area contributed by atoms with Crippen molar-refractivity contribution in [2.45, 2.75) is 5.03 Å². The van der Waals surface area contributed by atoms with Crippen LogP contribution in [0.4, 0.5) is 0 Å². The summed E-state index contributed by atoms with van der Waals surface area (Å²) in [4.78, 5) is 15.9. The SMILES string of the molecule is NC(=O)C1=Cc2cnc3cccc(n23)S1. The second-order valence-electron chi connectivity index (χ2n) is 3.22. The average Bonchev–Trinajstić information content (AvgIpc) is 2.64. The van der Waals surface area contributed by atoms with Gasteiger partial charge in [-0.2, -0.15) is 0 Å². The molecule has 4 nitrogen and oxygen atoms in total. The Labute approximate surface area is 89.8 Å². The van der Waals surface area contributed by atoms with Crippen molar-refractivity contribution in [3.63, 3.8) is 0 Å². The molecule has 0 atom stereocenters. The maximum Gasteiger partial charge on any atom is 0.255 e. The van der Waals surface area contributed by atoms with Crippen LogP contribution in [-0.4, -0.2) is 15.3 Å². The van der Waals surface area contributed by atoms with Crippen LogP contribution in [0.25, 0.3) is 11.7 Å². The summed E-state index contributed by atoms with van der Waals surface area (Å²) in [5.74, 6) is -0.399. The van der Waals surface area contributed by atoms with Crippen molar-refractivity contribution in [1.82, 2.24) is 9.38 Å². The summed E-state index contributed by atoms with van der Waals surface area (Å²) in [5, 5.41) is 0.969. The number of rotatable bonds is 1. The highest BCUT2D eigenvalue weighted by Crippen LogP contribution is 2.33. The van der Waals surface area contributed by atoms with Crippen LogP contribution in [0.3, 0.4) is 0 Å². The van der Waals surface area contributed by atoms with Gasteiger partial charge < -0.3 is 5.73 Å². The number of nitrogens with two attached hydrogens (primary N) is 1. The fraction of sp³-hybridized carbons (Fsp3) is 0. The topological polar surface area (TPSA) is 60.4 Å². The van der Waals surface area contributed by atoms with Gasteiger partial charge in [0, 0.05) is 0 Å². The minimum Gasteiger partial charge on any atom is -0.365 e. The van der Waals surface area contributed by atoms with E-state index in [1.54, 1.807) is 12.3 Å². The molecular formula is C10H7N3OS. The van der Waals surface area contributed by atoms with Crippen molar-refractivity contribution in [2.75, 3.05) is 0 Å². The summed E-state index contributed by atoms with van der Waals surface area (Å²) in [6, 6.07) is 5.79. The van der Waals surface area contributed by atoms with Gasteiger partial charge in [-0.15, -0.1) is 0 Å². The fourth-order valence-electron chi connectivity index (χ4n) is 1.61. The van der Waals surface area contributed by atoms with Crippen LogP contribution in [0.5, 0.6) is 0 Å². The first-order valence-corrected chi connectivity index (χ1v) is 5.23. The van der Waals surface area contributed by atoms with Crippen molar-refractivity contribution >= 4 is 29.4 Å². The minimum atomic E-state index is -0.399. The maximum absolute atomic E-state index is 11.1. The number of aromatic nitrogens is 2. The van der Waals surface area contributed by atoms with E-state index >= 15 is 0 Å². The van der Waals surface area contributed by atoms with Crippen molar-refractivity contribution in [3.8, 4) is 0 Å². The van der Waals surface area contributed by atoms with Gasteiger partial charge >= 0.3 is 0 Å². The molecule has 2 aromatic rings. The minimum absolute atomic E-state index is 0.399. The van der Waals surface area contributed by atoms with E-state index in [1.165, 1.54) is 11.8 Å². The number of imidazole rings is 1. The van der Waals surface area contributed by atoms with Gasteiger partial charge in [-0.25, -0.2) is 4.98 Å². The molecule has 3 heterocycles. The molecule has 2 aromatic heterocycles. The van der Waals surface area contributed by atoms with Gasteiger partial charge in [0.25, 0.3) is 5.91 Å². The highest BCUT2D eigenvalue weighted by Gasteiger charge is 2.17. The molecule has 15 heavy (non-hydrogen) atoms. The van der Waals surface area contributed by atoms with Gasteiger partial charge in [0.05, 0.1) is 21.8 Å². The number of primary amides is 1. The van der Waals surface area contributed by atoms with Crippen LogP contribution in [0.1, 0.15) is 5.69 Å². The van der Waals surface area contributed by atoms with Crippen molar-refractivity contribution in [2.24, 2.45) is 5.73 Å². The van der Waals surface area contributed by atoms with E-state index in [1.807, 2.05) is 22.6 Å². The number of thioether (sulfide) groups is 1. The summed E-state index contributed by atoms with van der Waals surface area (Å²) in [6.45, 7) is 0. The molecule has 0 saturated heterocycles. The lowest BCUT2D eigenvalue weighted by atomic mass is 10.3. The Morgan fingerprint density at radius 1 is 1.47 bits per heavy atom. The van der Waals surface area contributed by atoms with E-state index in [2.05, 4.69) is 4.98 Å². The standard InChI is InChI=1S/C10H7N3OS/c11-10(14)7-4-6-5-12-8-2-1-3-9(15-7)13(6)8/h1-5H,(H2,11,14). The third-order valence-corrected chi connectivity index (χ3v) is 3.32. The van der Waals surface area contributed by atoms with Crippen LogP contribution in [0, 0.1) is 0 Å². The number of nitrogens with zero attached hydrogens (tertiary/aromatic N) is 2. The van der Waals surface area contributed by atoms with Crippen LogP contribution in [-0.2, 0) is 4.79 Å². The first kappa shape index (κ1) is 8.55. The molecule has 2 N–H and O–H groups in total. The van der Waals surface area contributed by atoms with Crippen molar-refractivity contribution < 1.29 is 4.79 Å². The molecule has 0 radical (unpaired) electrons. The molecular weight excluding hydrogens is 210 g/mol. The Balaban J connectivity index is 2.33. The number of carbonyl (C=O) groups excluding carboxylic acids is 1. The fourth-order valence-corrected chi connectivity index (χ4v) is 2.55. The Hall–Kier alpha value is -1.75. The first-order valence-electron chi connectivity index (χ1n) is 4.41. The number of pyridine rings is 1. The van der Waals surface area contributed by atoms with E-state index in [9.17, 15) is 4.79 Å². The van der Waals surface area contributed by atoms with Gasteiger partial charge in [0.15, 0.2) is 0 Å². The Kier molecular flexibility index (Phi) is 1.63. The van der Waals surface area contributed by atoms with E-state index in [0.29, 0.717) is 4.91 Å². The molecule has 0 fully saturated rings. The maximum atomic E-state index is 11.1. The Morgan fingerprint density at radius 2 is 2.33 bits per heavy atom. The molecule has 5 heteroatoms. The lowest BCUT2D eigenvalue weighted by molar-refractivity contribution is -0.113. The van der Waals surface area contributed by atoms with Crippen molar-refractivity contribution in [1.29, 1.82) is 0 Å². The Bertz CT molecular complexity index is 600. The molecule has 1 aliphatic rings. The zero-order valence-corrected chi connectivity index (χ0v) is 8.49. The zero-order valence-electron chi connectivity index (χ0n) is 7.68. The largest absolute Gasteiger partial charge is 0.365 e. The van der Waals surface area contributed by atoms with Crippen LogP contribution in [0.2, 0.25) is 0 Å². The number of amides is 1.